The van der Waals surface area contributed by atoms with Gasteiger partial charge in [-0.3, -0.25) is 9.32 Å². The van der Waals surface area contributed by atoms with Crippen molar-refractivity contribution in [3.05, 3.63) is 11.8 Å². The van der Waals surface area contributed by atoms with Crippen LogP contribution in [0.1, 0.15) is 6.92 Å². The van der Waals surface area contributed by atoms with E-state index in [0.29, 0.717) is 6.54 Å². The lowest BCUT2D eigenvalue weighted by atomic mass is 10.0. The molecular formula is C11H21N2O14P3. The molecule has 0 spiro atoms. The first-order chi connectivity index (χ1) is 13.6. The van der Waals surface area contributed by atoms with Crippen LogP contribution in [-0.4, -0.2) is 84.8 Å². The van der Waals surface area contributed by atoms with E-state index in [4.69, 9.17) is 19.4 Å². The summed E-state index contributed by atoms with van der Waals surface area (Å²) < 4.78 is 50.4. The number of carbonyl (C=O) groups is 1. The largest absolute Gasteiger partial charge is 0.490 e. The Morgan fingerprint density at radius 2 is 1.77 bits per heavy atom. The summed E-state index contributed by atoms with van der Waals surface area (Å²) in [4.78, 5) is 49.2. The number of aliphatic hydroxyl groups excluding tert-OH is 2. The van der Waals surface area contributed by atoms with Crippen LogP contribution in [0.3, 0.4) is 0 Å². The highest BCUT2D eigenvalue weighted by Crippen LogP contribution is 2.66. The molecule has 0 aromatic heterocycles. The van der Waals surface area contributed by atoms with E-state index in [0.717, 1.165) is 0 Å². The van der Waals surface area contributed by atoms with Gasteiger partial charge in [-0.2, -0.15) is 8.62 Å². The van der Waals surface area contributed by atoms with Crippen molar-refractivity contribution in [1.29, 1.82) is 0 Å². The number of phosphoric ester groups is 1. The van der Waals surface area contributed by atoms with Crippen LogP contribution in [0.5, 0.6) is 0 Å². The van der Waals surface area contributed by atoms with Gasteiger partial charge in [-0.05, 0) is 6.92 Å². The van der Waals surface area contributed by atoms with E-state index in [1.807, 2.05) is 0 Å². The van der Waals surface area contributed by atoms with Crippen molar-refractivity contribution in [1.82, 2.24) is 10.2 Å². The first-order valence-electron chi connectivity index (χ1n) is 8.18. The van der Waals surface area contributed by atoms with E-state index in [9.17, 15) is 33.6 Å². The molecule has 2 rings (SSSR count). The zero-order valence-electron chi connectivity index (χ0n) is 15.2. The molecule has 19 heteroatoms. The predicted octanol–water partition coefficient (Wildman–Crippen LogP) is -1.89. The van der Waals surface area contributed by atoms with Crippen LogP contribution >= 0.6 is 23.5 Å². The molecule has 2 aliphatic rings. The molecule has 30 heavy (non-hydrogen) atoms. The molecule has 0 radical (unpaired) electrons. The fraction of sp³-hybridized carbons (Fsp3) is 0.727. The smallest absolute Gasteiger partial charge is 0.387 e. The Morgan fingerprint density at radius 1 is 1.13 bits per heavy atom. The van der Waals surface area contributed by atoms with Crippen LogP contribution in [0, 0.1) is 0 Å². The van der Waals surface area contributed by atoms with Crippen LogP contribution in [0.15, 0.2) is 11.8 Å². The van der Waals surface area contributed by atoms with Crippen LogP contribution in [-0.2, 0) is 36.4 Å². The molecule has 1 amide bonds. The molecule has 0 aliphatic carbocycles. The fourth-order valence-corrected chi connectivity index (χ4v) is 5.63. The lowest BCUT2D eigenvalue weighted by Gasteiger charge is -2.28. The summed E-state index contributed by atoms with van der Waals surface area (Å²) in [5, 5.41) is 22.8. The van der Waals surface area contributed by atoms with Gasteiger partial charge in [0, 0.05) is 12.7 Å². The molecule has 1 saturated heterocycles. The van der Waals surface area contributed by atoms with E-state index >= 15 is 0 Å². The third kappa shape index (κ3) is 6.90. The maximum Gasteiger partial charge on any atom is 0.490 e. The van der Waals surface area contributed by atoms with E-state index in [-0.39, 0.29) is 12.2 Å². The van der Waals surface area contributed by atoms with Crippen molar-refractivity contribution in [2.75, 3.05) is 19.8 Å². The van der Waals surface area contributed by atoms with Gasteiger partial charge in [0.2, 0.25) is 0 Å². The highest BCUT2D eigenvalue weighted by molar-refractivity contribution is 7.66. The number of carbonyl (C=O) groups excluding carboxylic acids is 1. The molecule has 2 heterocycles. The van der Waals surface area contributed by atoms with Gasteiger partial charge < -0.3 is 44.7 Å². The summed E-state index contributed by atoms with van der Waals surface area (Å²) in [6.07, 6.45) is -4.67. The van der Waals surface area contributed by atoms with Crippen LogP contribution in [0.2, 0.25) is 0 Å². The van der Waals surface area contributed by atoms with Crippen molar-refractivity contribution in [3.63, 3.8) is 0 Å². The molecule has 0 aromatic rings. The van der Waals surface area contributed by atoms with Gasteiger partial charge in [0.15, 0.2) is 0 Å². The van der Waals surface area contributed by atoms with E-state index in [2.05, 4.69) is 18.5 Å². The lowest BCUT2D eigenvalue weighted by molar-refractivity contribution is -0.121. The van der Waals surface area contributed by atoms with E-state index < -0.39 is 60.4 Å². The molecular weight excluding hydrogens is 477 g/mol. The number of hydrogen-bond acceptors (Lipinski definition) is 11. The van der Waals surface area contributed by atoms with Crippen molar-refractivity contribution in [2.24, 2.45) is 0 Å². The maximum atomic E-state index is 12.0. The monoisotopic (exact) mass is 498 g/mol. The van der Waals surface area contributed by atoms with Crippen molar-refractivity contribution in [3.8, 4) is 0 Å². The Labute approximate surface area is 169 Å². The first-order valence-corrected chi connectivity index (χ1v) is 12.7. The Balaban J connectivity index is 2.03. The Bertz CT molecular complexity index is 828. The quantitative estimate of drug-likeness (QED) is 0.172. The van der Waals surface area contributed by atoms with Gasteiger partial charge in [-0.15, -0.1) is 0 Å². The summed E-state index contributed by atoms with van der Waals surface area (Å²) >= 11 is 0. The molecule has 174 valence electrons. The summed E-state index contributed by atoms with van der Waals surface area (Å²) in [5.74, 6) is -0.565. The van der Waals surface area contributed by atoms with E-state index in [1.54, 1.807) is 11.8 Å². The lowest BCUT2D eigenvalue weighted by Crippen LogP contribution is -2.45. The van der Waals surface area contributed by atoms with Gasteiger partial charge >= 0.3 is 23.5 Å². The minimum Gasteiger partial charge on any atom is -0.387 e. The average Bonchev–Trinajstić information content (AvgIpc) is 2.85. The number of amides is 1. The Morgan fingerprint density at radius 3 is 2.33 bits per heavy atom. The summed E-state index contributed by atoms with van der Waals surface area (Å²) in [6.45, 7) is 1.58. The number of rotatable bonds is 9. The number of aliphatic hydroxyl groups is 2. The molecule has 0 bridgehead atoms. The Kier molecular flexibility index (Phi) is 8.03. The number of phosphoric acid groups is 3. The SMILES string of the molecule is CCN1C=C(C2OC(COP(=O)(O)OP(=O)(O)OP(=O)(O)O)C(O)C2O)C(=O)NC1. The minimum absolute atomic E-state index is 0.0181. The summed E-state index contributed by atoms with van der Waals surface area (Å²) in [5.41, 5.74) is -0.0181. The number of ether oxygens (including phenoxy) is 1. The molecule has 0 saturated carbocycles. The van der Waals surface area contributed by atoms with Gasteiger partial charge in [-0.25, -0.2) is 13.7 Å². The van der Waals surface area contributed by atoms with E-state index in [1.165, 1.54) is 6.20 Å². The second-order valence-corrected chi connectivity index (χ2v) is 10.5. The zero-order valence-corrected chi connectivity index (χ0v) is 17.9. The van der Waals surface area contributed by atoms with Gasteiger partial charge in [-0.1, -0.05) is 0 Å². The second kappa shape index (κ2) is 9.43. The molecule has 6 atom stereocenters. The van der Waals surface area contributed by atoms with Crippen LogP contribution in [0.4, 0.5) is 0 Å². The third-order valence-electron chi connectivity index (χ3n) is 3.92. The Hall–Kier alpha value is -0.700. The minimum atomic E-state index is -5.70. The third-order valence-corrected chi connectivity index (χ3v) is 7.72. The standard InChI is InChI=1S/C11H21N2O14P3/c1-2-13-3-6(11(16)12-5-13)10-9(15)8(14)7(25-10)4-24-29(20,21)27-30(22,23)26-28(17,18)19/h3,7-10,14-15H,2,4-5H2,1H3,(H,12,16)(H,20,21)(H,22,23)(H2,17,18,19). The zero-order chi connectivity index (χ0) is 22.9. The number of hydrogen-bond donors (Lipinski definition) is 7. The topological polar surface area (TPSA) is 242 Å². The average molecular weight is 498 g/mol. The number of nitrogens with one attached hydrogen (secondary N) is 1. The predicted molar refractivity (Wildman–Crippen MR) is 94.0 cm³/mol. The van der Waals surface area contributed by atoms with Crippen molar-refractivity contribution >= 4 is 29.4 Å². The summed E-state index contributed by atoms with van der Waals surface area (Å²) in [7, 11) is -16.7. The second-order valence-electron chi connectivity index (χ2n) is 6.12. The molecule has 16 nitrogen and oxygen atoms in total. The highest BCUT2D eigenvalue weighted by Gasteiger charge is 2.48. The van der Waals surface area contributed by atoms with Crippen LogP contribution in [0.25, 0.3) is 0 Å². The normalized spacial score (nSPS) is 31.6. The summed E-state index contributed by atoms with van der Waals surface area (Å²) in [6, 6.07) is 0. The fourth-order valence-electron chi connectivity index (χ4n) is 2.60. The van der Waals surface area contributed by atoms with Gasteiger partial charge in [0.05, 0.1) is 18.8 Å². The van der Waals surface area contributed by atoms with Gasteiger partial charge in [0.1, 0.15) is 24.4 Å². The van der Waals surface area contributed by atoms with Gasteiger partial charge in [0.25, 0.3) is 5.91 Å². The molecule has 7 N–H and O–H groups in total. The van der Waals surface area contributed by atoms with Crippen LogP contribution < -0.4 is 5.32 Å². The molecule has 0 aromatic carbocycles. The van der Waals surface area contributed by atoms with Crippen molar-refractivity contribution in [2.45, 2.75) is 31.3 Å². The number of nitrogens with zero attached hydrogens (tertiary/aromatic N) is 1. The van der Waals surface area contributed by atoms with Crippen molar-refractivity contribution < 1.29 is 66.2 Å². The highest BCUT2D eigenvalue weighted by atomic mass is 31.3. The first kappa shape index (κ1) is 25.6. The molecule has 2 aliphatic heterocycles. The molecule has 6 unspecified atom stereocenters. The molecule has 1 fully saturated rings. The maximum absolute atomic E-state index is 12.0.